The van der Waals surface area contributed by atoms with Crippen molar-refractivity contribution in [2.45, 2.75) is 58.8 Å². The maximum absolute atomic E-state index is 12.9. The van der Waals surface area contributed by atoms with Gasteiger partial charge in [0.1, 0.15) is 11.7 Å². The van der Waals surface area contributed by atoms with Crippen molar-refractivity contribution in [3.63, 3.8) is 0 Å². The maximum Gasteiger partial charge on any atom is 0.407 e. The van der Waals surface area contributed by atoms with Crippen LogP contribution in [0.2, 0.25) is 0 Å². The van der Waals surface area contributed by atoms with Gasteiger partial charge in [-0.15, -0.1) is 0 Å². The number of rotatable bonds is 4. The van der Waals surface area contributed by atoms with Crippen LogP contribution in [0.4, 0.5) is 10.5 Å². The number of nitro benzene ring substituents is 1. The fraction of sp³-hybridized carbons (Fsp3) is 0.579. The van der Waals surface area contributed by atoms with E-state index >= 15 is 0 Å². The number of carbonyl (C=O) groups excluding carboxylic acids is 2. The molecule has 0 bridgehead atoms. The second-order valence-electron chi connectivity index (χ2n) is 7.91. The molecule has 0 spiro atoms. The SMILES string of the molecule is CC(C)N1CC[C@H](CNC(=O)OC(C)(C)C)Oc2c(cccc2[N+](=O)[O-])C1=O. The van der Waals surface area contributed by atoms with Gasteiger partial charge in [-0.25, -0.2) is 4.79 Å². The molecule has 0 aliphatic carbocycles. The molecule has 0 saturated heterocycles. The van der Waals surface area contributed by atoms with Crippen molar-refractivity contribution in [3.05, 3.63) is 33.9 Å². The highest BCUT2D eigenvalue weighted by atomic mass is 16.6. The molecule has 9 nitrogen and oxygen atoms in total. The summed E-state index contributed by atoms with van der Waals surface area (Å²) in [5.74, 6) is -0.383. The van der Waals surface area contributed by atoms with Crippen molar-refractivity contribution in [2.75, 3.05) is 13.1 Å². The topological polar surface area (TPSA) is 111 Å². The van der Waals surface area contributed by atoms with E-state index in [9.17, 15) is 19.7 Å². The standard InChI is InChI=1S/C19H27N3O6/c1-12(2)21-10-9-13(11-20-18(24)28-19(3,4)5)27-16-14(17(21)23)7-6-8-15(16)22(25)26/h6-8,12-13H,9-11H2,1-5H3,(H,20,24)/t13-/m1/s1. The number of ether oxygens (including phenoxy) is 2. The Morgan fingerprint density at radius 2 is 2.11 bits per heavy atom. The Kier molecular flexibility index (Phi) is 6.48. The van der Waals surface area contributed by atoms with Crippen molar-refractivity contribution in [2.24, 2.45) is 0 Å². The number of nitrogens with one attached hydrogen (secondary N) is 1. The predicted molar refractivity (Wildman–Crippen MR) is 103 cm³/mol. The Morgan fingerprint density at radius 1 is 1.43 bits per heavy atom. The van der Waals surface area contributed by atoms with Gasteiger partial charge in [-0.1, -0.05) is 6.07 Å². The van der Waals surface area contributed by atoms with Crippen LogP contribution in [0.5, 0.6) is 5.75 Å². The van der Waals surface area contributed by atoms with E-state index in [2.05, 4.69) is 5.32 Å². The number of nitro groups is 1. The molecule has 1 atom stereocenters. The first kappa shape index (κ1) is 21.5. The van der Waals surface area contributed by atoms with Gasteiger partial charge in [-0.3, -0.25) is 14.9 Å². The molecule has 0 saturated carbocycles. The highest BCUT2D eigenvalue weighted by Crippen LogP contribution is 2.34. The van der Waals surface area contributed by atoms with Crippen LogP contribution in [-0.4, -0.2) is 52.7 Å². The molecule has 2 rings (SSSR count). The van der Waals surface area contributed by atoms with Crippen LogP contribution in [0.25, 0.3) is 0 Å². The lowest BCUT2D eigenvalue weighted by Crippen LogP contribution is -2.45. The van der Waals surface area contributed by atoms with E-state index in [1.807, 2.05) is 13.8 Å². The summed E-state index contributed by atoms with van der Waals surface area (Å²) in [5.41, 5.74) is -0.776. The van der Waals surface area contributed by atoms with Gasteiger partial charge in [0.15, 0.2) is 0 Å². The first-order chi connectivity index (χ1) is 13.0. The summed E-state index contributed by atoms with van der Waals surface area (Å²) in [6.45, 7) is 9.52. The zero-order valence-electron chi connectivity index (χ0n) is 16.9. The molecule has 154 valence electrons. The Balaban J connectivity index is 2.29. The Morgan fingerprint density at radius 3 is 2.68 bits per heavy atom. The third kappa shape index (κ3) is 5.34. The summed E-state index contributed by atoms with van der Waals surface area (Å²) < 4.78 is 11.1. The predicted octanol–water partition coefficient (Wildman–Crippen LogP) is 3.12. The molecule has 28 heavy (non-hydrogen) atoms. The minimum Gasteiger partial charge on any atom is -0.481 e. The molecule has 0 radical (unpaired) electrons. The zero-order chi connectivity index (χ0) is 21.1. The zero-order valence-corrected chi connectivity index (χ0v) is 16.9. The summed E-state index contributed by atoms with van der Waals surface area (Å²) in [6.07, 6.45) is -0.745. The third-order valence-corrected chi connectivity index (χ3v) is 4.16. The van der Waals surface area contributed by atoms with Gasteiger partial charge >= 0.3 is 11.8 Å². The van der Waals surface area contributed by atoms with Gasteiger partial charge in [-0.05, 0) is 40.7 Å². The summed E-state index contributed by atoms with van der Waals surface area (Å²) in [6, 6.07) is 4.19. The number of amides is 2. The molecule has 1 heterocycles. The molecular weight excluding hydrogens is 366 g/mol. The smallest absolute Gasteiger partial charge is 0.407 e. The molecule has 0 unspecified atom stereocenters. The fourth-order valence-electron chi connectivity index (χ4n) is 2.87. The van der Waals surface area contributed by atoms with Gasteiger partial charge in [0, 0.05) is 25.1 Å². The first-order valence-electron chi connectivity index (χ1n) is 9.21. The highest BCUT2D eigenvalue weighted by Gasteiger charge is 2.32. The number of benzene rings is 1. The number of nitrogens with zero attached hydrogens (tertiary/aromatic N) is 2. The van der Waals surface area contributed by atoms with Gasteiger partial charge in [0.05, 0.1) is 17.0 Å². The van der Waals surface area contributed by atoms with Gasteiger partial charge in [0.2, 0.25) is 5.75 Å². The fourth-order valence-corrected chi connectivity index (χ4v) is 2.87. The normalized spacial score (nSPS) is 17.3. The van der Waals surface area contributed by atoms with Gasteiger partial charge in [0.25, 0.3) is 5.91 Å². The molecule has 1 aliphatic heterocycles. The molecule has 0 fully saturated rings. The van der Waals surface area contributed by atoms with E-state index in [4.69, 9.17) is 9.47 Å². The summed E-state index contributed by atoms with van der Waals surface area (Å²) in [7, 11) is 0. The maximum atomic E-state index is 12.9. The summed E-state index contributed by atoms with van der Waals surface area (Å²) in [5, 5.41) is 14.1. The van der Waals surface area contributed by atoms with E-state index in [0.717, 1.165) is 0 Å². The van der Waals surface area contributed by atoms with E-state index in [1.54, 1.807) is 25.7 Å². The number of para-hydroxylation sites is 1. The quantitative estimate of drug-likeness (QED) is 0.621. The van der Waals surface area contributed by atoms with Crippen LogP contribution in [0.15, 0.2) is 18.2 Å². The van der Waals surface area contributed by atoms with Gasteiger partial charge < -0.3 is 19.7 Å². The van der Waals surface area contributed by atoms with Crippen molar-refractivity contribution >= 4 is 17.7 Å². The molecule has 9 heteroatoms. The summed E-state index contributed by atoms with van der Waals surface area (Å²) in [4.78, 5) is 37.3. The van der Waals surface area contributed by atoms with Crippen LogP contribution in [0, 0.1) is 10.1 Å². The Hall–Kier alpha value is -2.84. The molecular formula is C19H27N3O6. The lowest BCUT2D eigenvalue weighted by molar-refractivity contribution is -0.386. The van der Waals surface area contributed by atoms with E-state index in [-0.39, 0.29) is 35.5 Å². The average molecular weight is 393 g/mol. The van der Waals surface area contributed by atoms with E-state index in [1.165, 1.54) is 18.2 Å². The lowest BCUT2D eigenvalue weighted by atomic mass is 10.1. The van der Waals surface area contributed by atoms with Crippen LogP contribution >= 0.6 is 0 Å². The number of hydrogen-bond donors (Lipinski definition) is 1. The summed E-state index contributed by atoms with van der Waals surface area (Å²) >= 11 is 0. The Bertz CT molecular complexity index is 757. The number of alkyl carbamates (subject to hydrolysis) is 1. The second-order valence-corrected chi connectivity index (χ2v) is 7.91. The van der Waals surface area contributed by atoms with E-state index in [0.29, 0.717) is 13.0 Å². The second kappa shape index (κ2) is 8.45. The van der Waals surface area contributed by atoms with Crippen molar-refractivity contribution in [1.82, 2.24) is 10.2 Å². The van der Waals surface area contributed by atoms with Crippen LogP contribution in [0.1, 0.15) is 51.4 Å². The lowest BCUT2D eigenvalue weighted by Gasteiger charge is -2.32. The molecule has 2 amide bonds. The minimum atomic E-state index is -0.641. The van der Waals surface area contributed by atoms with Crippen LogP contribution in [0.3, 0.4) is 0 Å². The number of fused-ring (bicyclic) bond motifs is 1. The minimum absolute atomic E-state index is 0.0705. The largest absolute Gasteiger partial charge is 0.481 e. The van der Waals surface area contributed by atoms with Crippen LogP contribution < -0.4 is 10.1 Å². The monoisotopic (exact) mass is 393 g/mol. The average Bonchev–Trinajstić information content (AvgIpc) is 2.55. The molecule has 1 aromatic rings. The third-order valence-electron chi connectivity index (χ3n) is 4.16. The van der Waals surface area contributed by atoms with Crippen molar-refractivity contribution in [1.29, 1.82) is 0 Å². The number of hydrogen-bond acceptors (Lipinski definition) is 6. The first-order valence-corrected chi connectivity index (χ1v) is 9.21. The Labute approximate surface area is 164 Å². The molecule has 0 aromatic heterocycles. The van der Waals surface area contributed by atoms with Gasteiger partial charge in [-0.2, -0.15) is 0 Å². The molecule has 1 aliphatic rings. The number of carbonyl (C=O) groups is 2. The molecule has 1 aromatic carbocycles. The van der Waals surface area contributed by atoms with Crippen LogP contribution in [-0.2, 0) is 4.74 Å². The molecule has 1 N–H and O–H groups in total. The van der Waals surface area contributed by atoms with Crippen molar-refractivity contribution in [3.8, 4) is 5.75 Å². The van der Waals surface area contributed by atoms with Crippen molar-refractivity contribution < 1.29 is 24.0 Å². The highest BCUT2D eigenvalue weighted by molar-refractivity contribution is 5.98. The van der Waals surface area contributed by atoms with E-state index < -0.39 is 22.7 Å².